The molecule has 32 heavy (non-hydrogen) atoms. The van der Waals surface area contributed by atoms with Crippen LogP contribution in [-0.2, 0) is 9.59 Å². The first kappa shape index (κ1) is 24.2. The Morgan fingerprint density at radius 2 is 1.97 bits per heavy atom. The van der Waals surface area contributed by atoms with Crippen LogP contribution in [0.3, 0.4) is 0 Å². The standard InChI is InChI=1S/C25H26N2O5/c1-5-11-27-25(29)20(15-26)12-18-9-10-22(23(13-18)30-4)32-24(28)16-31-21-8-6-7-19(14-21)17(2)3/h5-10,12-14,17H,1,11,16H2,2-4H3,(H,27,29)/b20-12+. The van der Waals surface area contributed by atoms with Gasteiger partial charge in [-0.05, 0) is 47.4 Å². The number of nitrogens with one attached hydrogen (secondary N) is 1. The molecule has 0 aliphatic heterocycles. The van der Waals surface area contributed by atoms with Crippen LogP contribution in [0.15, 0.2) is 60.7 Å². The van der Waals surface area contributed by atoms with Crippen LogP contribution in [0, 0.1) is 11.3 Å². The van der Waals surface area contributed by atoms with Gasteiger partial charge in [0, 0.05) is 6.54 Å². The van der Waals surface area contributed by atoms with Gasteiger partial charge in [-0.1, -0.05) is 38.1 Å². The van der Waals surface area contributed by atoms with E-state index >= 15 is 0 Å². The lowest BCUT2D eigenvalue weighted by Gasteiger charge is -2.12. The van der Waals surface area contributed by atoms with Crippen LogP contribution in [0.2, 0.25) is 0 Å². The number of benzene rings is 2. The third-order valence-electron chi connectivity index (χ3n) is 4.38. The van der Waals surface area contributed by atoms with E-state index in [9.17, 15) is 14.9 Å². The molecule has 0 saturated heterocycles. The molecule has 0 aliphatic carbocycles. The minimum absolute atomic E-state index is 0.0734. The van der Waals surface area contributed by atoms with E-state index in [0.717, 1.165) is 5.56 Å². The molecule has 1 N–H and O–H groups in total. The molecule has 0 aromatic heterocycles. The number of nitrogens with zero attached hydrogens (tertiary/aromatic N) is 1. The minimum Gasteiger partial charge on any atom is -0.493 e. The monoisotopic (exact) mass is 434 g/mol. The van der Waals surface area contributed by atoms with Gasteiger partial charge < -0.3 is 19.5 Å². The first-order valence-electron chi connectivity index (χ1n) is 10.00. The zero-order valence-electron chi connectivity index (χ0n) is 18.4. The average molecular weight is 434 g/mol. The molecule has 0 aliphatic rings. The fourth-order valence-corrected chi connectivity index (χ4v) is 2.69. The second kappa shape index (κ2) is 12.0. The number of amides is 1. The van der Waals surface area contributed by atoms with Crippen molar-refractivity contribution in [1.82, 2.24) is 5.32 Å². The summed E-state index contributed by atoms with van der Waals surface area (Å²) in [6.45, 7) is 7.65. The van der Waals surface area contributed by atoms with Crippen LogP contribution in [-0.4, -0.2) is 32.1 Å². The van der Waals surface area contributed by atoms with Gasteiger partial charge >= 0.3 is 5.97 Å². The fraction of sp³-hybridized carbons (Fsp3) is 0.240. The highest BCUT2D eigenvalue weighted by molar-refractivity contribution is 6.01. The molecule has 7 nitrogen and oxygen atoms in total. The molecule has 2 rings (SSSR count). The molecule has 0 heterocycles. The third-order valence-corrected chi connectivity index (χ3v) is 4.38. The van der Waals surface area contributed by atoms with Gasteiger partial charge in [0.1, 0.15) is 17.4 Å². The van der Waals surface area contributed by atoms with Crippen LogP contribution in [0.1, 0.15) is 30.9 Å². The summed E-state index contributed by atoms with van der Waals surface area (Å²) in [5.74, 6) is 0.293. The molecular formula is C25H26N2O5. The average Bonchev–Trinajstić information content (AvgIpc) is 2.80. The Balaban J connectivity index is 2.07. The molecule has 166 valence electrons. The number of methoxy groups -OCH3 is 1. The summed E-state index contributed by atoms with van der Waals surface area (Å²) in [5, 5.41) is 11.8. The topological polar surface area (TPSA) is 97.7 Å². The predicted octanol–water partition coefficient (Wildman–Crippen LogP) is 4.01. The predicted molar refractivity (Wildman–Crippen MR) is 121 cm³/mol. The third kappa shape index (κ3) is 7.03. The number of carbonyl (C=O) groups is 2. The number of hydrogen-bond donors (Lipinski definition) is 1. The van der Waals surface area contributed by atoms with Gasteiger partial charge in [0.15, 0.2) is 18.1 Å². The molecule has 1 amide bonds. The molecule has 0 bridgehead atoms. The molecule has 0 atom stereocenters. The molecule has 2 aromatic rings. The van der Waals surface area contributed by atoms with Crippen LogP contribution in [0.25, 0.3) is 6.08 Å². The van der Waals surface area contributed by atoms with Crippen molar-refractivity contribution in [2.45, 2.75) is 19.8 Å². The van der Waals surface area contributed by atoms with Crippen molar-refractivity contribution in [1.29, 1.82) is 5.26 Å². The zero-order valence-corrected chi connectivity index (χ0v) is 18.4. The Labute approximate surface area is 187 Å². The summed E-state index contributed by atoms with van der Waals surface area (Å²) < 4.78 is 16.2. The number of nitriles is 1. The first-order valence-corrected chi connectivity index (χ1v) is 10.00. The minimum atomic E-state index is -0.594. The van der Waals surface area contributed by atoms with E-state index in [0.29, 0.717) is 17.2 Å². The Bertz CT molecular complexity index is 1050. The summed E-state index contributed by atoms with van der Waals surface area (Å²) in [5.41, 5.74) is 1.57. The van der Waals surface area contributed by atoms with Crippen molar-refractivity contribution in [3.8, 4) is 23.3 Å². The van der Waals surface area contributed by atoms with E-state index < -0.39 is 11.9 Å². The fourth-order valence-electron chi connectivity index (χ4n) is 2.69. The molecular weight excluding hydrogens is 408 g/mol. The lowest BCUT2D eigenvalue weighted by molar-refractivity contribution is -0.136. The molecule has 2 aromatic carbocycles. The lowest BCUT2D eigenvalue weighted by atomic mass is 10.0. The van der Waals surface area contributed by atoms with E-state index in [1.807, 2.05) is 24.3 Å². The maximum atomic E-state index is 12.3. The van der Waals surface area contributed by atoms with E-state index in [1.165, 1.54) is 25.3 Å². The quantitative estimate of drug-likeness (QED) is 0.199. The molecule has 0 unspecified atom stereocenters. The molecule has 7 heteroatoms. The maximum Gasteiger partial charge on any atom is 0.349 e. The van der Waals surface area contributed by atoms with Crippen LogP contribution in [0.5, 0.6) is 17.2 Å². The second-order valence-electron chi connectivity index (χ2n) is 7.07. The van der Waals surface area contributed by atoms with Crippen molar-refractivity contribution in [2.75, 3.05) is 20.3 Å². The van der Waals surface area contributed by atoms with Gasteiger partial charge in [0.25, 0.3) is 5.91 Å². The molecule has 0 fully saturated rings. The van der Waals surface area contributed by atoms with Crippen LogP contribution < -0.4 is 19.5 Å². The highest BCUT2D eigenvalue weighted by atomic mass is 16.6. The van der Waals surface area contributed by atoms with Crippen LogP contribution in [0.4, 0.5) is 0 Å². The van der Waals surface area contributed by atoms with Crippen molar-refractivity contribution in [3.63, 3.8) is 0 Å². The summed E-state index contributed by atoms with van der Waals surface area (Å²) in [4.78, 5) is 24.2. The van der Waals surface area contributed by atoms with Gasteiger partial charge in [0.2, 0.25) is 0 Å². The second-order valence-corrected chi connectivity index (χ2v) is 7.07. The summed E-state index contributed by atoms with van der Waals surface area (Å²) >= 11 is 0. The largest absolute Gasteiger partial charge is 0.493 e. The summed E-state index contributed by atoms with van der Waals surface area (Å²) in [6.07, 6.45) is 2.93. The first-order chi connectivity index (χ1) is 15.4. The smallest absolute Gasteiger partial charge is 0.349 e. The molecule has 0 spiro atoms. The Morgan fingerprint density at radius 1 is 1.19 bits per heavy atom. The lowest BCUT2D eigenvalue weighted by Crippen LogP contribution is -2.24. The summed E-state index contributed by atoms with van der Waals surface area (Å²) in [7, 11) is 1.43. The number of hydrogen-bond acceptors (Lipinski definition) is 6. The van der Waals surface area contributed by atoms with Crippen molar-refractivity contribution in [2.24, 2.45) is 0 Å². The van der Waals surface area contributed by atoms with Gasteiger partial charge in [-0.3, -0.25) is 4.79 Å². The maximum absolute atomic E-state index is 12.3. The van der Waals surface area contributed by atoms with E-state index in [-0.39, 0.29) is 30.2 Å². The normalized spacial score (nSPS) is 10.8. The summed E-state index contributed by atoms with van der Waals surface area (Å²) in [6, 6.07) is 14.1. The Hall–Kier alpha value is -4.05. The van der Waals surface area contributed by atoms with Crippen molar-refractivity contribution >= 4 is 18.0 Å². The number of rotatable bonds is 10. The van der Waals surface area contributed by atoms with E-state index in [1.54, 1.807) is 18.2 Å². The number of esters is 1. The number of carbonyl (C=O) groups excluding carboxylic acids is 2. The van der Waals surface area contributed by atoms with Crippen LogP contribution >= 0.6 is 0 Å². The highest BCUT2D eigenvalue weighted by Gasteiger charge is 2.13. The number of ether oxygens (including phenoxy) is 3. The van der Waals surface area contributed by atoms with Crippen molar-refractivity contribution < 1.29 is 23.8 Å². The molecule has 0 saturated carbocycles. The van der Waals surface area contributed by atoms with Gasteiger partial charge in [-0.2, -0.15) is 5.26 Å². The Morgan fingerprint density at radius 3 is 2.62 bits per heavy atom. The highest BCUT2D eigenvalue weighted by Crippen LogP contribution is 2.29. The van der Waals surface area contributed by atoms with E-state index in [2.05, 4.69) is 25.7 Å². The van der Waals surface area contributed by atoms with Gasteiger partial charge in [-0.15, -0.1) is 6.58 Å². The van der Waals surface area contributed by atoms with Gasteiger partial charge in [-0.25, -0.2) is 4.79 Å². The zero-order chi connectivity index (χ0) is 23.5. The SMILES string of the molecule is C=CCNC(=O)/C(C#N)=C/c1ccc(OC(=O)COc2cccc(C(C)C)c2)c(OC)c1. The van der Waals surface area contributed by atoms with Gasteiger partial charge in [0.05, 0.1) is 7.11 Å². The Kier molecular flexibility index (Phi) is 9.05. The molecule has 0 radical (unpaired) electrons. The van der Waals surface area contributed by atoms with Crippen molar-refractivity contribution in [3.05, 3.63) is 71.8 Å². The van der Waals surface area contributed by atoms with E-state index in [4.69, 9.17) is 14.2 Å².